The van der Waals surface area contributed by atoms with Crippen molar-refractivity contribution in [3.63, 3.8) is 0 Å². The van der Waals surface area contributed by atoms with Crippen LogP contribution in [0.25, 0.3) is 17.1 Å². The third-order valence-corrected chi connectivity index (χ3v) is 3.82. The van der Waals surface area contributed by atoms with E-state index in [2.05, 4.69) is 30.7 Å². The number of hydrogen-bond acceptors (Lipinski definition) is 5. The Balaban J connectivity index is 1.50. The molecule has 8 heteroatoms. The largest absolute Gasteiger partial charge is 0.322 e. The molecule has 0 atom stereocenters. The van der Waals surface area contributed by atoms with Gasteiger partial charge in [0.25, 0.3) is 5.91 Å². The highest BCUT2D eigenvalue weighted by molar-refractivity contribution is 6.04. The van der Waals surface area contributed by atoms with Gasteiger partial charge in [-0.2, -0.15) is 5.10 Å². The Morgan fingerprint density at radius 2 is 1.85 bits per heavy atom. The average Bonchev–Trinajstić information content (AvgIpc) is 3.34. The van der Waals surface area contributed by atoms with Gasteiger partial charge in [0.2, 0.25) is 0 Å². The van der Waals surface area contributed by atoms with Crippen molar-refractivity contribution >= 4 is 11.6 Å². The lowest BCUT2D eigenvalue weighted by molar-refractivity contribution is 0.102. The van der Waals surface area contributed by atoms with Crippen LogP contribution in [0, 0.1) is 6.92 Å². The summed E-state index contributed by atoms with van der Waals surface area (Å²) in [5.41, 5.74) is 2.94. The first-order valence-electron chi connectivity index (χ1n) is 7.95. The Labute approximate surface area is 148 Å². The quantitative estimate of drug-likeness (QED) is 0.592. The fraction of sp³-hybridized carbons (Fsp3) is 0.0556. The van der Waals surface area contributed by atoms with Gasteiger partial charge in [-0.3, -0.25) is 14.5 Å². The van der Waals surface area contributed by atoms with E-state index in [-0.39, 0.29) is 5.91 Å². The molecule has 4 rings (SSSR count). The van der Waals surface area contributed by atoms with Crippen molar-refractivity contribution in [2.75, 3.05) is 5.32 Å². The van der Waals surface area contributed by atoms with Gasteiger partial charge in [-0.1, -0.05) is 6.07 Å². The number of benzene rings is 2. The highest BCUT2D eigenvalue weighted by atomic mass is 16.1. The van der Waals surface area contributed by atoms with Gasteiger partial charge in [-0.15, -0.1) is 10.2 Å². The van der Waals surface area contributed by atoms with Crippen LogP contribution in [0.3, 0.4) is 0 Å². The molecule has 0 fully saturated rings. The van der Waals surface area contributed by atoms with E-state index >= 15 is 0 Å². The number of carbonyl (C=O) groups excluding carboxylic acids is 1. The highest BCUT2D eigenvalue weighted by Gasteiger charge is 2.09. The molecule has 0 spiro atoms. The Bertz CT molecular complexity index is 1040. The van der Waals surface area contributed by atoms with E-state index in [0.717, 1.165) is 17.1 Å². The van der Waals surface area contributed by atoms with E-state index in [9.17, 15) is 4.79 Å². The fourth-order valence-corrected chi connectivity index (χ4v) is 2.52. The predicted molar refractivity (Wildman–Crippen MR) is 95.9 cm³/mol. The van der Waals surface area contributed by atoms with Crippen LogP contribution in [-0.4, -0.2) is 35.9 Å². The second-order valence-electron chi connectivity index (χ2n) is 5.70. The summed E-state index contributed by atoms with van der Waals surface area (Å²) >= 11 is 0. The van der Waals surface area contributed by atoms with Crippen molar-refractivity contribution < 1.29 is 4.79 Å². The lowest BCUT2D eigenvalue weighted by Crippen LogP contribution is -2.12. The molecule has 0 bridgehead atoms. The van der Waals surface area contributed by atoms with Crippen LogP contribution in [0.5, 0.6) is 0 Å². The van der Waals surface area contributed by atoms with Crippen molar-refractivity contribution in [2.24, 2.45) is 0 Å². The molecule has 0 saturated heterocycles. The van der Waals surface area contributed by atoms with Crippen LogP contribution in [-0.2, 0) is 0 Å². The van der Waals surface area contributed by atoms with E-state index in [4.69, 9.17) is 0 Å². The standard InChI is InChI=1S/C18H15N7O/c1-12-21-17(24-23-12)13-5-7-15(8-6-13)22-18(26)14-3-2-4-16(9-14)25-10-19-20-11-25/h2-11H,1H3,(H,22,26)(H,21,23,24). The molecule has 8 nitrogen and oxygen atoms in total. The fourth-order valence-electron chi connectivity index (χ4n) is 2.52. The molecule has 2 heterocycles. The number of nitrogens with zero attached hydrogens (tertiary/aromatic N) is 5. The van der Waals surface area contributed by atoms with E-state index in [0.29, 0.717) is 17.1 Å². The SMILES string of the molecule is Cc1nc(-c2ccc(NC(=O)c3cccc(-n4cnnc4)c3)cc2)n[nH]1. The molecular formula is C18H15N7O. The number of hydrogen-bond donors (Lipinski definition) is 2. The Hall–Kier alpha value is -3.81. The lowest BCUT2D eigenvalue weighted by atomic mass is 10.1. The smallest absolute Gasteiger partial charge is 0.255 e. The lowest BCUT2D eigenvalue weighted by Gasteiger charge is -2.07. The number of amides is 1. The zero-order valence-electron chi connectivity index (χ0n) is 13.9. The third kappa shape index (κ3) is 3.20. The monoisotopic (exact) mass is 345 g/mol. The number of aromatic amines is 1. The first kappa shape index (κ1) is 15.7. The van der Waals surface area contributed by atoms with E-state index in [1.807, 2.05) is 43.3 Å². The summed E-state index contributed by atoms with van der Waals surface area (Å²) < 4.78 is 1.74. The summed E-state index contributed by atoms with van der Waals surface area (Å²) in [6.07, 6.45) is 3.17. The normalized spacial score (nSPS) is 10.7. The summed E-state index contributed by atoms with van der Waals surface area (Å²) in [5.74, 6) is 1.19. The molecule has 26 heavy (non-hydrogen) atoms. The molecule has 0 aliphatic rings. The molecule has 0 aliphatic heterocycles. The van der Waals surface area contributed by atoms with Crippen LogP contribution >= 0.6 is 0 Å². The van der Waals surface area contributed by atoms with Gasteiger partial charge in [0, 0.05) is 22.5 Å². The van der Waals surface area contributed by atoms with Gasteiger partial charge in [-0.05, 0) is 49.4 Å². The molecule has 1 amide bonds. The maximum atomic E-state index is 12.5. The number of rotatable bonds is 4. The third-order valence-electron chi connectivity index (χ3n) is 3.82. The van der Waals surface area contributed by atoms with E-state index in [1.54, 1.807) is 29.4 Å². The number of aromatic nitrogens is 6. The second-order valence-corrected chi connectivity index (χ2v) is 5.70. The molecule has 128 valence electrons. The first-order chi connectivity index (χ1) is 12.7. The van der Waals surface area contributed by atoms with Crippen LogP contribution in [0.2, 0.25) is 0 Å². The molecule has 0 saturated carbocycles. The van der Waals surface area contributed by atoms with Gasteiger partial charge in [0.05, 0.1) is 0 Å². The Morgan fingerprint density at radius 3 is 2.54 bits per heavy atom. The van der Waals surface area contributed by atoms with Crippen molar-refractivity contribution in [3.05, 3.63) is 72.6 Å². The van der Waals surface area contributed by atoms with Gasteiger partial charge in [0.15, 0.2) is 5.82 Å². The average molecular weight is 345 g/mol. The summed E-state index contributed by atoms with van der Waals surface area (Å²) in [5, 5.41) is 17.4. The zero-order valence-corrected chi connectivity index (χ0v) is 13.9. The van der Waals surface area contributed by atoms with Crippen LogP contribution < -0.4 is 5.32 Å². The van der Waals surface area contributed by atoms with Gasteiger partial charge in [0.1, 0.15) is 18.5 Å². The summed E-state index contributed by atoms with van der Waals surface area (Å²) in [7, 11) is 0. The number of carbonyl (C=O) groups is 1. The van der Waals surface area contributed by atoms with Crippen LogP contribution in [0.4, 0.5) is 5.69 Å². The minimum Gasteiger partial charge on any atom is -0.322 e. The van der Waals surface area contributed by atoms with Gasteiger partial charge in [-0.25, -0.2) is 4.98 Å². The second kappa shape index (κ2) is 6.60. The summed E-state index contributed by atoms with van der Waals surface area (Å²) in [6, 6.07) is 14.6. The summed E-state index contributed by atoms with van der Waals surface area (Å²) in [6.45, 7) is 1.85. The van der Waals surface area contributed by atoms with Crippen LogP contribution in [0.15, 0.2) is 61.2 Å². The maximum Gasteiger partial charge on any atom is 0.255 e. The first-order valence-corrected chi connectivity index (χ1v) is 7.95. The van der Waals surface area contributed by atoms with E-state index < -0.39 is 0 Å². The van der Waals surface area contributed by atoms with Crippen molar-refractivity contribution in [2.45, 2.75) is 6.92 Å². The predicted octanol–water partition coefficient (Wildman–Crippen LogP) is 2.61. The van der Waals surface area contributed by atoms with Crippen molar-refractivity contribution in [3.8, 4) is 17.1 Å². The number of H-pyrrole nitrogens is 1. The Kier molecular flexibility index (Phi) is 3.98. The molecule has 0 radical (unpaired) electrons. The Morgan fingerprint density at radius 1 is 1.08 bits per heavy atom. The number of nitrogens with one attached hydrogen (secondary N) is 2. The minimum atomic E-state index is -0.193. The van der Waals surface area contributed by atoms with E-state index in [1.165, 1.54) is 0 Å². The molecule has 2 aromatic carbocycles. The molecule has 4 aromatic rings. The summed E-state index contributed by atoms with van der Waals surface area (Å²) in [4.78, 5) is 16.8. The maximum absolute atomic E-state index is 12.5. The molecule has 2 N–H and O–H groups in total. The molecule has 0 aliphatic carbocycles. The minimum absolute atomic E-state index is 0.193. The van der Waals surface area contributed by atoms with Gasteiger partial charge >= 0.3 is 0 Å². The van der Waals surface area contributed by atoms with Crippen molar-refractivity contribution in [1.82, 2.24) is 29.9 Å². The van der Waals surface area contributed by atoms with Crippen LogP contribution in [0.1, 0.15) is 16.2 Å². The topological polar surface area (TPSA) is 101 Å². The van der Waals surface area contributed by atoms with Crippen molar-refractivity contribution in [1.29, 1.82) is 0 Å². The highest BCUT2D eigenvalue weighted by Crippen LogP contribution is 2.19. The zero-order chi connectivity index (χ0) is 17.9. The molecule has 2 aromatic heterocycles. The number of aryl methyl sites for hydroxylation is 1. The van der Waals surface area contributed by atoms with Gasteiger partial charge < -0.3 is 5.32 Å². The number of anilines is 1. The molecule has 0 unspecified atom stereocenters. The molecular weight excluding hydrogens is 330 g/mol.